The molecule has 36 heavy (non-hydrogen) atoms. The van der Waals surface area contributed by atoms with E-state index in [0.29, 0.717) is 12.1 Å². The summed E-state index contributed by atoms with van der Waals surface area (Å²) in [6.45, 7) is 3.44. The third kappa shape index (κ3) is 5.96. The molecule has 1 atom stereocenters. The fraction of sp³-hybridized carbons (Fsp3) is 0.192. The molecule has 0 aliphatic rings. The van der Waals surface area contributed by atoms with Gasteiger partial charge in [-0.3, -0.25) is 5.10 Å². The van der Waals surface area contributed by atoms with Crippen LogP contribution >= 0.6 is 0 Å². The Kier molecular flexibility index (Phi) is 7.18. The van der Waals surface area contributed by atoms with E-state index in [9.17, 15) is 18.3 Å². The van der Waals surface area contributed by atoms with Crippen LogP contribution in [-0.2, 0) is 22.0 Å². The van der Waals surface area contributed by atoms with Crippen molar-refractivity contribution in [2.24, 2.45) is 0 Å². The summed E-state index contributed by atoms with van der Waals surface area (Å²) < 4.78 is 28.6. The average molecular weight is 506 g/mol. The maximum atomic E-state index is 13.0. The minimum Gasteiger partial charge on any atom is -0.465 e. The lowest BCUT2D eigenvalue weighted by Gasteiger charge is -2.24. The summed E-state index contributed by atoms with van der Waals surface area (Å²) in [4.78, 5) is 11.6. The van der Waals surface area contributed by atoms with E-state index in [1.54, 1.807) is 38.1 Å². The van der Waals surface area contributed by atoms with Gasteiger partial charge in [0.05, 0.1) is 28.4 Å². The first-order valence-electron chi connectivity index (χ1n) is 11.3. The van der Waals surface area contributed by atoms with Crippen LogP contribution in [0.5, 0.6) is 0 Å². The standard InChI is InChI=1S/C26H27N5O4S/c1-26(2,24-17-27-31-29-24)30-36(34,35)22-13-11-19(12-14-22)20-9-6-10-21(16-20)23(28-25(32)33)15-18-7-4-3-5-8-18/h3-14,16-17,23,28,30H,15H2,1-2H3,(H,32,33)(H,27,29,31). The SMILES string of the molecule is CC(C)(NS(=O)(=O)c1ccc(-c2cccc(C(Cc3ccccc3)NC(=O)O)c2)cc1)c1cnn[nH]1. The summed E-state index contributed by atoms with van der Waals surface area (Å²) >= 11 is 0. The monoisotopic (exact) mass is 505 g/mol. The zero-order chi connectivity index (χ0) is 25.8. The molecule has 4 aromatic rings. The molecule has 186 valence electrons. The van der Waals surface area contributed by atoms with Crippen molar-refractivity contribution in [3.8, 4) is 11.1 Å². The van der Waals surface area contributed by atoms with Gasteiger partial charge in [-0.25, -0.2) is 13.2 Å². The van der Waals surface area contributed by atoms with Crippen LogP contribution in [0.15, 0.2) is 90.0 Å². The fourth-order valence-electron chi connectivity index (χ4n) is 3.96. The molecule has 0 spiro atoms. The number of benzene rings is 3. The van der Waals surface area contributed by atoms with E-state index in [-0.39, 0.29) is 4.90 Å². The minimum atomic E-state index is -3.81. The number of aromatic nitrogens is 3. The first kappa shape index (κ1) is 25.1. The molecule has 3 aromatic carbocycles. The Labute approximate surface area is 209 Å². The zero-order valence-electron chi connectivity index (χ0n) is 19.8. The highest BCUT2D eigenvalue weighted by Crippen LogP contribution is 2.27. The van der Waals surface area contributed by atoms with Crippen molar-refractivity contribution in [1.82, 2.24) is 25.4 Å². The van der Waals surface area contributed by atoms with Gasteiger partial charge in [0, 0.05) is 0 Å². The van der Waals surface area contributed by atoms with Crippen molar-refractivity contribution in [3.63, 3.8) is 0 Å². The molecular formula is C26H27N5O4S. The van der Waals surface area contributed by atoms with Crippen LogP contribution in [0.2, 0.25) is 0 Å². The number of amides is 1. The molecule has 1 heterocycles. The molecule has 9 nitrogen and oxygen atoms in total. The third-order valence-corrected chi connectivity index (χ3v) is 7.52. The highest BCUT2D eigenvalue weighted by molar-refractivity contribution is 7.89. The molecule has 1 aromatic heterocycles. The van der Waals surface area contributed by atoms with Gasteiger partial charge in [0.1, 0.15) is 0 Å². The molecule has 1 unspecified atom stereocenters. The highest BCUT2D eigenvalue weighted by Gasteiger charge is 2.29. The van der Waals surface area contributed by atoms with Crippen LogP contribution in [0.3, 0.4) is 0 Å². The molecule has 0 aliphatic heterocycles. The topological polar surface area (TPSA) is 137 Å². The number of H-pyrrole nitrogens is 1. The Morgan fingerprint density at radius 2 is 1.72 bits per heavy atom. The second kappa shape index (κ2) is 10.3. The second-order valence-electron chi connectivity index (χ2n) is 8.94. The molecule has 4 N–H and O–H groups in total. The highest BCUT2D eigenvalue weighted by atomic mass is 32.2. The van der Waals surface area contributed by atoms with Crippen LogP contribution in [-0.4, -0.2) is 35.0 Å². The average Bonchev–Trinajstić information content (AvgIpc) is 3.40. The van der Waals surface area contributed by atoms with E-state index >= 15 is 0 Å². The number of nitrogens with zero attached hydrogens (tertiary/aromatic N) is 2. The molecule has 0 saturated heterocycles. The predicted molar refractivity (Wildman–Crippen MR) is 136 cm³/mol. The van der Waals surface area contributed by atoms with Gasteiger partial charge in [-0.15, -0.1) is 5.10 Å². The van der Waals surface area contributed by atoms with Gasteiger partial charge in [0.2, 0.25) is 10.0 Å². The number of hydrogen-bond acceptors (Lipinski definition) is 5. The maximum Gasteiger partial charge on any atom is 0.405 e. The van der Waals surface area contributed by atoms with Gasteiger partial charge in [0.25, 0.3) is 0 Å². The smallest absolute Gasteiger partial charge is 0.405 e. The Morgan fingerprint density at radius 1 is 1.00 bits per heavy atom. The van der Waals surface area contributed by atoms with Crippen LogP contribution in [0, 0.1) is 0 Å². The third-order valence-electron chi connectivity index (χ3n) is 5.85. The van der Waals surface area contributed by atoms with Crippen molar-refractivity contribution in [2.45, 2.75) is 36.7 Å². The molecule has 4 rings (SSSR count). The van der Waals surface area contributed by atoms with Gasteiger partial charge in [-0.2, -0.15) is 4.72 Å². The number of hydrogen-bond donors (Lipinski definition) is 4. The lowest BCUT2D eigenvalue weighted by molar-refractivity contribution is 0.190. The van der Waals surface area contributed by atoms with E-state index in [2.05, 4.69) is 25.4 Å². The molecule has 0 aliphatic carbocycles. The lowest BCUT2D eigenvalue weighted by atomic mass is 9.95. The lowest BCUT2D eigenvalue weighted by Crippen LogP contribution is -2.41. The van der Waals surface area contributed by atoms with Gasteiger partial charge in [0.15, 0.2) is 0 Å². The quantitative estimate of drug-likeness (QED) is 0.269. The molecular weight excluding hydrogens is 478 g/mol. The van der Waals surface area contributed by atoms with Crippen molar-refractivity contribution in [2.75, 3.05) is 0 Å². The Morgan fingerprint density at radius 3 is 2.36 bits per heavy atom. The van der Waals surface area contributed by atoms with Crippen LogP contribution < -0.4 is 10.0 Å². The van der Waals surface area contributed by atoms with Crippen LogP contribution in [0.4, 0.5) is 4.79 Å². The number of aromatic amines is 1. The maximum absolute atomic E-state index is 13.0. The molecule has 0 bridgehead atoms. The summed E-state index contributed by atoms with van der Waals surface area (Å²) in [5.74, 6) is 0. The van der Waals surface area contributed by atoms with Gasteiger partial charge in [-0.05, 0) is 60.7 Å². The van der Waals surface area contributed by atoms with Crippen molar-refractivity contribution in [1.29, 1.82) is 0 Å². The fourth-order valence-corrected chi connectivity index (χ4v) is 5.36. The van der Waals surface area contributed by atoms with E-state index in [1.165, 1.54) is 6.20 Å². The van der Waals surface area contributed by atoms with E-state index in [0.717, 1.165) is 22.3 Å². The summed E-state index contributed by atoms with van der Waals surface area (Å²) in [5.41, 5.74) is 3.09. The van der Waals surface area contributed by atoms with Crippen molar-refractivity contribution < 1.29 is 18.3 Å². The van der Waals surface area contributed by atoms with E-state index in [1.807, 2.05) is 54.6 Å². The summed E-state index contributed by atoms with van der Waals surface area (Å²) in [7, 11) is -3.81. The number of carbonyl (C=O) groups is 1. The van der Waals surface area contributed by atoms with Gasteiger partial charge >= 0.3 is 6.09 Å². The Bertz CT molecular complexity index is 1420. The van der Waals surface area contributed by atoms with Crippen LogP contribution in [0.1, 0.15) is 36.7 Å². The van der Waals surface area contributed by atoms with Gasteiger partial charge < -0.3 is 10.4 Å². The Hall–Kier alpha value is -4.02. The van der Waals surface area contributed by atoms with Crippen molar-refractivity contribution in [3.05, 3.63) is 102 Å². The molecule has 1 amide bonds. The van der Waals surface area contributed by atoms with E-state index < -0.39 is 27.7 Å². The first-order valence-corrected chi connectivity index (χ1v) is 12.8. The van der Waals surface area contributed by atoms with Gasteiger partial charge in [-0.1, -0.05) is 65.9 Å². The van der Waals surface area contributed by atoms with E-state index in [4.69, 9.17) is 0 Å². The minimum absolute atomic E-state index is 0.123. The summed E-state index contributed by atoms with van der Waals surface area (Å²) in [6, 6.07) is 23.3. The number of rotatable bonds is 9. The number of carboxylic acid groups (broad SMARTS) is 1. The normalized spacial score (nSPS) is 12.7. The zero-order valence-corrected chi connectivity index (χ0v) is 20.7. The molecule has 0 saturated carbocycles. The molecule has 0 radical (unpaired) electrons. The predicted octanol–water partition coefficient (Wildman–Crippen LogP) is 4.24. The summed E-state index contributed by atoms with van der Waals surface area (Å²) in [5, 5.41) is 22.0. The van der Waals surface area contributed by atoms with Crippen molar-refractivity contribution >= 4 is 16.1 Å². The largest absolute Gasteiger partial charge is 0.465 e. The molecule has 10 heteroatoms. The second-order valence-corrected chi connectivity index (χ2v) is 10.6. The summed E-state index contributed by atoms with van der Waals surface area (Å²) in [6.07, 6.45) is 0.876. The number of sulfonamides is 1. The number of nitrogens with one attached hydrogen (secondary N) is 3. The molecule has 0 fully saturated rings. The first-order chi connectivity index (χ1) is 17.1. The Balaban J connectivity index is 1.56. The van der Waals surface area contributed by atoms with Crippen LogP contribution in [0.25, 0.3) is 11.1 Å².